The van der Waals surface area contributed by atoms with Crippen molar-refractivity contribution in [2.45, 2.75) is 95.4 Å². The Bertz CT molecular complexity index is 1410. The van der Waals surface area contributed by atoms with Crippen LogP contribution in [-0.2, 0) is 6.54 Å². The zero-order valence-electron chi connectivity index (χ0n) is 23.1. The molecule has 11 heteroatoms. The topological polar surface area (TPSA) is 146 Å². The molecule has 0 saturated heterocycles. The molecule has 0 unspecified atom stereocenters. The smallest absolute Gasteiger partial charge is 0.272 e. The van der Waals surface area contributed by atoms with Crippen LogP contribution in [0.15, 0.2) is 24.7 Å². The van der Waals surface area contributed by atoms with Gasteiger partial charge in [-0.2, -0.15) is 0 Å². The van der Waals surface area contributed by atoms with E-state index < -0.39 is 11.5 Å². The average Bonchev–Trinajstić information content (AvgIpc) is 3.82. The van der Waals surface area contributed by atoms with Crippen molar-refractivity contribution in [1.29, 1.82) is 0 Å². The van der Waals surface area contributed by atoms with E-state index in [1.165, 1.54) is 12.8 Å². The normalized spacial score (nSPS) is 21.4. The maximum atomic E-state index is 13.3. The van der Waals surface area contributed by atoms with E-state index in [1.54, 1.807) is 31.1 Å². The van der Waals surface area contributed by atoms with E-state index in [0.29, 0.717) is 29.0 Å². The summed E-state index contributed by atoms with van der Waals surface area (Å²) in [6, 6.07) is 3.74. The Morgan fingerprint density at radius 1 is 1.12 bits per heavy atom. The summed E-state index contributed by atoms with van der Waals surface area (Å²) >= 11 is 0. The molecular formula is C29H38N6O5. The number of primary amides is 1. The van der Waals surface area contributed by atoms with Crippen LogP contribution in [0.5, 0.6) is 11.6 Å². The fourth-order valence-electron chi connectivity index (χ4n) is 5.43. The lowest BCUT2D eigenvalue weighted by molar-refractivity contribution is 0.0279. The van der Waals surface area contributed by atoms with Gasteiger partial charge in [-0.1, -0.05) is 0 Å². The average molecular weight is 551 g/mol. The molecule has 0 spiro atoms. The minimum atomic E-state index is -0.943. The Hall–Kier alpha value is -3.60. The lowest BCUT2D eigenvalue weighted by Gasteiger charge is -2.29. The number of amides is 2. The Balaban J connectivity index is 1.08. The van der Waals surface area contributed by atoms with Gasteiger partial charge < -0.3 is 25.6 Å². The van der Waals surface area contributed by atoms with Crippen LogP contribution in [0.1, 0.15) is 97.7 Å². The van der Waals surface area contributed by atoms with Crippen LogP contribution in [0, 0.1) is 5.92 Å². The molecular weight excluding hydrogens is 512 g/mol. The molecule has 0 aromatic carbocycles. The number of aromatic nitrogens is 4. The third-order valence-corrected chi connectivity index (χ3v) is 7.89. The Labute approximate surface area is 233 Å². The van der Waals surface area contributed by atoms with Gasteiger partial charge in [-0.05, 0) is 83.3 Å². The van der Waals surface area contributed by atoms with Crippen LogP contribution in [0.25, 0.3) is 5.52 Å². The molecule has 3 heterocycles. The van der Waals surface area contributed by atoms with Gasteiger partial charge in [0.05, 0.1) is 16.8 Å². The quantitative estimate of drug-likeness (QED) is 0.332. The standard InChI is InChI=1S/C29H38N6O5/c1-29(2,38)15-39-23-12-11-22-24(31-16-35(22)25(23)18-5-6-18)27(37)32-19-7-9-20(10-8-19)40-28-21(26(30)36)14-34(33-28)13-17-3-4-17/h11-12,14,16-20,38H,3-10,13,15H2,1-2H3,(H2,30,36)(H,32,37)/t19-,20-. The SMILES string of the molecule is CC(C)(O)COc1ccc2c(C(=O)N[C@H]3CC[C@H](Oc4nn(CC5CC5)cc4C(N)=O)CC3)ncn2c1C1CC1. The summed E-state index contributed by atoms with van der Waals surface area (Å²) in [5.74, 6) is 1.27. The van der Waals surface area contributed by atoms with Crippen LogP contribution in [0.2, 0.25) is 0 Å². The summed E-state index contributed by atoms with van der Waals surface area (Å²) in [4.78, 5) is 29.7. The second-order valence-corrected chi connectivity index (χ2v) is 12.2. The molecule has 6 rings (SSSR count). The van der Waals surface area contributed by atoms with Crippen molar-refractivity contribution in [3.63, 3.8) is 0 Å². The van der Waals surface area contributed by atoms with Crippen molar-refractivity contribution >= 4 is 17.3 Å². The second kappa shape index (κ2) is 10.4. The van der Waals surface area contributed by atoms with E-state index in [2.05, 4.69) is 15.4 Å². The van der Waals surface area contributed by atoms with Gasteiger partial charge in [-0.15, -0.1) is 5.10 Å². The van der Waals surface area contributed by atoms with Crippen LogP contribution in [0.4, 0.5) is 0 Å². The minimum Gasteiger partial charge on any atom is -0.489 e. The van der Waals surface area contributed by atoms with Crippen LogP contribution < -0.4 is 20.5 Å². The summed E-state index contributed by atoms with van der Waals surface area (Å²) in [5, 5.41) is 17.7. The number of nitrogens with two attached hydrogens (primary N) is 1. The monoisotopic (exact) mass is 550 g/mol. The first-order valence-corrected chi connectivity index (χ1v) is 14.3. The van der Waals surface area contributed by atoms with Gasteiger partial charge in [0.2, 0.25) is 5.88 Å². The van der Waals surface area contributed by atoms with E-state index in [9.17, 15) is 14.7 Å². The zero-order chi connectivity index (χ0) is 28.0. The first-order valence-electron chi connectivity index (χ1n) is 14.3. The summed E-state index contributed by atoms with van der Waals surface area (Å²) in [7, 11) is 0. The van der Waals surface area contributed by atoms with E-state index >= 15 is 0 Å². The molecule has 3 aromatic heterocycles. The summed E-state index contributed by atoms with van der Waals surface area (Å²) in [6.07, 6.45) is 10.7. The molecule has 0 aliphatic heterocycles. The highest BCUT2D eigenvalue weighted by Gasteiger charge is 2.32. The van der Waals surface area contributed by atoms with Crippen molar-refractivity contribution < 1.29 is 24.2 Å². The number of nitrogens with one attached hydrogen (secondary N) is 1. The van der Waals surface area contributed by atoms with Gasteiger partial charge in [0.15, 0.2) is 5.69 Å². The molecule has 0 bridgehead atoms. The summed E-state index contributed by atoms with van der Waals surface area (Å²) in [6.45, 7) is 4.38. The van der Waals surface area contributed by atoms with E-state index in [0.717, 1.165) is 62.0 Å². The van der Waals surface area contributed by atoms with Crippen LogP contribution in [0.3, 0.4) is 0 Å². The van der Waals surface area contributed by atoms with Crippen molar-refractivity contribution in [3.8, 4) is 11.6 Å². The number of aliphatic hydroxyl groups is 1. The van der Waals surface area contributed by atoms with E-state index in [1.807, 2.05) is 16.5 Å². The van der Waals surface area contributed by atoms with Crippen molar-refractivity contribution in [1.82, 2.24) is 24.5 Å². The van der Waals surface area contributed by atoms with Gasteiger partial charge >= 0.3 is 0 Å². The number of nitrogens with zero attached hydrogens (tertiary/aromatic N) is 4. The number of hydrogen-bond donors (Lipinski definition) is 3. The summed E-state index contributed by atoms with van der Waals surface area (Å²) in [5.41, 5.74) is 7.08. The molecule has 3 saturated carbocycles. The third-order valence-electron chi connectivity index (χ3n) is 7.89. The highest BCUT2D eigenvalue weighted by atomic mass is 16.5. The predicted molar refractivity (Wildman–Crippen MR) is 147 cm³/mol. The van der Waals surface area contributed by atoms with Gasteiger partial charge in [-0.3, -0.25) is 18.7 Å². The number of imidazole rings is 1. The Kier molecular flexibility index (Phi) is 6.93. The number of pyridine rings is 1. The number of hydrogen-bond acceptors (Lipinski definition) is 7. The van der Waals surface area contributed by atoms with Gasteiger partial charge in [0, 0.05) is 24.7 Å². The van der Waals surface area contributed by atoms with Crippen molar-refractivity contribution in [2.75, 3.05) is 6.61 Å². The highest BCUT2D eigenvalue weighted by Crippen LogP contribution is 2.45. The highest BCUT2D eigenvalue weighted by molar-refractivity contribution is 5.99. The van der Waals surface area contributed by atoms with Crippen LogP contribution >= 0.6 is 0 Å². The summed E-state index contributed by atoms with van der Waals surface area (Å²) < 4.78 is 15.8. The molecule has 0 radical (unpaired) electrons. The van der Waals surface area contributed by atoms with Gasteiger partial charge in [0.25, 0.3) is 11.8 Å². The maximum Gasteiger partial charge on any atom is 0.272 e. The van der Waals surface area contributed by atoms with Gasteiger partial charge in [-0.25, -0.2) is 4.98 Å². The number of ether oxygens (including phenoxy) is 2. The first kappa shape index (κ1) is 26.6. The number of rotatable bonds is 11. The number of carbonyl (C=O) groups excluding carboxylic acids is 2. The maximum absolute atomic E-state index is 13.3. The molecule has 3 aliphatic rings. The molecule has 0 atom stereocenters. The van der Waals surface area contributed by atoms with Crippen molar-refractivity contribution in [2.24, 2.45) is 11.7 Å². The van der Waals surface area contributed by atoms with E-state index in [4.69, 9.17) is 15.2 Å². The molecule has 3 fully saturated rings. The molecule has 40 heavy (non-hydrogen) atoms. The van der Waals surface area contributed by atoms with Gasteiger partial charge in [0.1, 0.15) is 30.4 Å². The zero-order valence-corrected chi connectivity index (χ0v) is 23.1. The first-order chi connectivity index (χ1) is 19.1. The molecule has 3 aromatic rings. The molecule has 4 N–H and O–H groups in total. The molecule has 3 aliphatic carbocycles. The predicted octanol–water partition coefficient (Wildman–Crippen LogP) is 3.19. The third kappa shape index (κ3) is 5.94. The number of carbonyl (C=O) groups is 2. The largest absolute Gasteiger partial charge is 0.489 e. The van der Waals surface area contributed by atoms with Crippen LogP contribution in [-0.4, -0.2) is 60.4 Å². The van der Waals surface area contributed by atoms with E-state index in [-0.39, 0.29) is 24.7 Å². The second-order valence-electron chi connectivity index (χ2n) is 12.2. The molecule has 2 amide bonds. The number of fused-ring (bicyclic) bond motifs is 1. The fraction of sp³-hybridized carbons (Fsp3) is 0.586. The molecule has 11 nitrogen and oxygen atoms in total. The Morgan fingerprint density at radius 3 is 2.52 bits per heavy atom. The lowest BCUT2D eigenvalue weighted by Crippen LogP contribution is -2.40. The Morgan fingerprint density at radius 2 is 1.88 bits per heavy atom. The molecule has 214 valence electrons. The van der Waals surface area contributed by atoms with Crippen molar-refractivity contribution in [3.05, 3.63) is 41.6 Å². The minimum absolute atomic E-state index is 0.00410. The lowest BCUT2D eigenvalue weighted by atomic mass is 9.93. The fourth-order valence-corrected chi connectivity index (χ4v) is 5.43.